The Kier molecular flexibility index (Phi) is 7.08. The number of anilines is 2. The summed E-state index contributed by atoms with van der Waals surface area (Å²) in [4.78, 5) is 44.3. The first kappa shape index (κ1) is 24.0. The molecule has 174 valence electrons. The van der Waals surface area contributed by atoms with E-state index in [0.29, 0.717) is 23.5 Å². The molecular formula is C24H20FIN4O3S. The Bertz CT molecular complexity index is 1460. The molecule has 0 aliphatic carbocycles. The molecule has 0 saturated carbocycles. The second-order valence-electron chi connectivity index (χ2n) is 7.61. The summed E-state index contributed by atoms with van der Waals surface area (Å²) in [6.45, 7) is 3.83. The molecular weight excluding hydrogens is 570 g/mol. The highest BCUT2D eigenvalue weighted by molar-refractivity contribution is 14.1. The second kappa shape index (κ2) is 10.0. The van der Waals surface area contributed by atoms with Gasteiger partial charge in [0.05, 0.1) is 0 Å². The first-order chi connectivity index (χ1) is 16.3. The Balaban J connectivity index is 1.81. The van der Waals surface area contributed by atoms with Gasteiger partial charge in [-0.3, -0.25) is 14.4 Å². The maximum Gasteiger partial charge on any atom is 0.274 e. The lowest BCUT2D eigenvalue weighted by Crippen LogP contribution is -2.25. The van der Waals surface area contributed by atoms with Gasteiger partial charge >= 0.3 is 0 Å². The van der Waals surface area contributed by atoms with Crippen molar-refractivity contribution in [2.75, 3.05) is 10.6 Å². The van der Waals surface area contributed by atoms with Gasteiger partial charge in [0.1, 0.15) is 16.4 Å². The summed E-state index contributed by atoms with van der Waals surface area (Å²) in [6, 6.07) is 12.2. The van der Waals surface area contributed by atoms with Gasteiger partial charge in [-0.2, -0.15) is 0 Å². The molecule has 0 aliphatic rings. The Morgan fingerprint density at radius 3 is 2.50 bits per heavy atom. The van der Waals surface area contributed by atoms with Gasteiger partial charge in [-0.05, 0) is 84.0 Å². The summed E-state index contributed by atoms with van der Waals surface area (Å²) < 4.78 is 15.4. The van der Waals surface area contributed by atoms with Crippen molar-refractivity contribution < 1.29 is 14.0 Å². The Labute approximate surface area is 212 Å². The molecule has 2 N–H and O–H groups in total. The van der Waals surface area contributed by atoms with Gasteiger partial charge in [-0.25, -0.2) is 13.8 Å². The van der Waals surface area contributed by atoms with Crippen LogP contribution in [0, 0.1) is 16.3 Å². The van der Waals surface area contributed by atoms with E-state index in [4.69, 9.17) is 0 Å². The number of thiazole rings is 1. The minimum atomic E-state index is -0.605. The summed E-state index contributed by atoms with van der Waals surface area (Å²) in [7, 11) is 0. The third-order valence-electron chi connectivity index (χ3n) is 5.04. The molecule has 4 rings (SSSR count). The van der Waals surface area contributed by atoms with Crippen LogP contribution < -0.4 is 16.2 Å². The molecule has 0 saturated heterocycles. The highest BCUT2D eigenvalue weighted by Gasteiger charge is 2.27. The predicted molar refractivity (Wildman–Crippen MR) is 140 cm³/mol. The molecule has 2 aromatic carbocycles. The first-order valence-corrected chi connectivity index (χ1v) is 12.4. The molecule has 34 heavy (non-hydrogen) atoms. The van der Waals surface area contributed by atoms with Crippen molar-refractivity contribution in [3.63, 3.8) is 0 Å². The summed E-state index contributed by atoms with van der Waals surface area (Å²) in [5.74, 6) is -1.64. The number of carbonyl (C=O) groups excluding carboxylic acids is 2. The Morgan fingerprint density at radius 2 is 1.82 bits per heavy atom. The number of halogens is 2. The van der Waals surface area contributed by atoms with E-state index < -0.39 is 23.2 Å². The van der Waals surface area contributed by atoms with Gasteiger partial charge in [0.25, 0.3) is 17.4 Å². The van der Waals surface area contributed by atoms with Crippen molar-refractivity contribution in [3.8, 4) is 0 Å². The number of benzene rings is 2. The molecule has 0 spiro atoms. The molecule has 4 aromatic rings. The highest BCUT2D eigenvalue weighted by Crippen LogP contribution is 2.25. The van der Waals surface area contributed by atoms with E-state index in [0.717, 1.165) is 26.9 Å². The van der Waals surface area contributed by atoms with Gasteiger partial charge in [-0.15, -0.1) is 0 Å². The van der Waals surface area contributed by atoms with Crippen molar-refractivity contribution >= 4 is 62.1 Å². The van der Waals surface area contributed by atoms with Crippen LogP contribution in [0.25, 0.3) is 4.96 Å². The molecule has 7 nitrogen and oxygen atoms in total. The standard InChI is InChI=1S/C24H20FIN4O3S/c1-3-4-17-12-19(31)30-20(22(32)29-18-10-7-15(26)11-13(18)2)21(34-24(30)28-17)23(33)27-16-8-5-14(25)6-9-16/h5-12H,3-4H2,1-2H3,(H,27,33)(H,29,32). The molecule has 0 bridgehead atoms. The second-order valence-corrected chi connectivity index (χ2v) is 9.83. The van der Waals surface area contributed by atoms with Crippen LogP contribution >= 0.6 is 33.9 Å². The van der Waals surface area contributed by atoms with Crippen molar-refractivity contribution in [1.82, 2.24) is 9.38 Å². The lowest BCUT2D eigenvalue weighted by atomic mass is 10.2. The summed E-state index contributed by atoms with van der Waals surface area (Å²) >= 11 is 3.13. The average molecular weight is 590 g/mol. The van der Waals surface area contributed by atoms with Crippen LogP contribution in [0.1, 0.15) is 44.8 Å². The first-order valence-electron chi connectivity index (χ1n) is 10.5. The third-order valence-corrected chi connectivity index (χ3v) is 6.75. The van der Waals surface area contributed by atoms with Gasteiger partial charge in [-0.1, -0.05) is 24.7 Å². The van der Waals surface area contributed by atoms with Crippen LogP contribution in [0.2, 0.25) is 0 Å². The van der Waals surface area contributed by atoms with Crippen LogP contribution in [-0.2, 0) is 6.42 Å². The summed E-state index contributed by atoms with van der Waals surface area (Å²) in [5, 5.41) is 5.48. The lowest BCUT2D eigenvalue weighted by molar-refractivity contribution is 0.0989. The summed E-state index contributed by atoms with van der Waals surface area (Å²) in [5.41, 5.74) is 1.83. The van der Waals surface area contributed by atoms with Crippen molar-refractivity contribution in [2.24, 2.45) is 0 Å². The highest BCUT2D eigenvalue weighted by atomic mass is 127. The molecule has 0 radical (unpaired) electrons. The van der Waals surface area contributed by atoms with Gasteiger partial charge in [0, 0.05) is 26.7 Å². The van der Waals surface area contributed by atoms with Gasteiger partial charge in [0.2, 0.25) is 0 Å². The average Bonchev–Trinajstić information content (AvgIpc) is 3.18. The zero-order valence-corrected chi connectivity index (χ0v) is 21.3. The molecule has 0 atom stereocenters. The van der Waals surface area contributed by atoms with E-state index in [9.17, 15) is 18.8 Å². The minimum Gasteiger partial charge on any atom is -0.321 e. The van der Waals surface area contributed by atoms with E-state index in [1.165, 1.54) is 34.7 Å². The number of hydrogen-bond acceptors (Lipinski definition) is 5. The largest absolute Gasteiger partial charge is 0.321 e. The van der Waals surface area contributed by atoms with Crippen LogP contribution in [0.5, 0.6) is 0 Å². The molecule has 2 heterocycles. The molecule has 2 aromatic heterocycles. The van der Waals surface area contributed by atoms with Crippen LogP contribution in [0.4, 0.5) is 15.8 Å². The fourth-order valence-corrected chi connectivity index (χ4v) is 5.12. The van der Waals surface area contributed by atoms with E-state index in [-0.39, 0.29) is 15.5 Å². The third kappa shape index (κ3) is 5.02. The monoisotopic (exact) mass is 590 g/mol. The number of nitrogens with zero attached hydrogens (tertiary/aromatic N) is 2. The Hall–Kier alpha value is -3.12. The zero-order chi connectivity index (χ0) is 24.4. The molecule has 0 unspecified atom stereocenters. The molecule has 2 amide bonds. The molecule has 10 heteroatoms. The topological polar surface area (TPSA) is 92.6 Å². The van der Waals surface area contributed by atoms with E-state index in [1.807, 2.05) is 26.0 Å². The van der Waals surface area contributed by atoms with Crippen LogP contribution in [-0.4, -0.2) is 21.2 Å². The van der Waals surface area contributed by atoms with E-state index in [2.05, 4.69) is 38.2 Å². The van der Waals surface area contributed by atoms with Gasteiger partial charge < -0.3 is 10.6 Å². The van der Waals surface area contributed by atoms with Crippen LogP contribution in [0.3, 0.4) is 0 Å². The van der Waals surface area contributed by atoms with Crippen molar-refractivity contribution in [1.29, 1.82) is 0 Å². The minimum absolute atomic E-state index is 0.0308. The maximum absolute atomic E-state index is 13.4. The number of rotatable bonds is 6. The fourth-order valence-electron chi connectivity index (χ4n) is 3.43. The number of carbonyl (C=O) groups is 2. The Morgan fingerprint density at radius 1 is 1.09 bits per heavy atom. The normalized spacial score (nSPS) is 10.9. The predicted octanol–water partition coefficient (Wildman–Crippen LogP) is 5.27. The number of amides is 2. The number of fused-ring (bicyclic) bond motifs is 1. The molecule has 0 fully saturated rings. The van der Waals surface area contributed by atoms with E-state index in [1.54, 1.807) is 6.07 Å². The van der Waals surface area contributed by atoms with Crippen molar-refractivity contribution in [2.45, 2.75) is 26.7 Å². The fraction of sp³-hybridized carbons (Fsp3) is 0.167. The SMILES string of the molecule is CCCc1cc(=O)n2c(C(=O)Nc3ccc(I)cc3C)c(C(=O)Nc3ccc(F)cc3)sc2n1. The maximum atomic E-state index is 13.4. The quantitative estimate of drug-likeness (QED) is 0.300. The van der Waals surface area contributed by atoms with E-state index >= 15 is 0 Å². The number of hydrogen-bond donors (Lipinski definition) is 2. The smallest absolute Gasteiger partial charge is 0.274 e. The summed E-state index contributed by atoms with van der Waals surface area (Å²) in [6.07, 6.45) is 1.40. The van der Waals surface area contributed by atoms with Gasteiger partial charge in [0.15, 0.2) is 4.96 Å². The number of nitrogens with one attached hydrogen (secondary N) is 2. The number of aromatic nitrogens is 2. The number of aryl methyl sites for hydroxylation is 2. The zero-order valence-electron chi connectivity index (χ0n) is 18.3. The molecule has 0 aliphatic heterocycles. The van der Waals surface area contributed by atoms with Crippen molar-refractivity contribution in [3.05, 3.63) is 90.1 Å². The van der Waals surface area contributed by atoms with Crippen LogP contribution in [0.15, 0.2) is 53.3 Å². The lowest BCUT2D eigenvalue weighted by Gasteiger charge is -2.10.